The Labute approximate surface area is 149 Å². The second kappa shape index (κ2) is 8.47. The SMILES string of the molecule is CC1CN(CCC2CCCCC2)C(=O)N(c2ccncc2)C1=O.Cl. The van der Waals surface area contributed by atoms with Gasteiger partial charge in [0.25, 0.3) is 0 Å². The molecule has 1 atom stereocenters. The van der Waals surface area contributed by atoms with Crippen LogP contribution in [0.2, 0.25) is 0 Å². The van der Waals surface area contributed by atoms with Gasteiger partial charge in [0.15, 0.2) is 0 Å². The Balaban J connectivity index is 0.00000208. The number of anilines is 1. The quantitative estimate of drug-likeness (QED) is 0.827. The van der Waals surface area contributed by atoms with E-state index in [1.165, 1.54) is 37.0 Å². The summed E-state index contributed by atoms with van der Waals surface area (Å²) in [6.07, 6.45) is 10.8. The first kappa shape index (κ1) is 18.7. The third-order valence-electron chi connectivity index (χ3n) is 5.05. The fraction of sp³-hybridized carbons (Fsp3) is 0.611. The third-order valence-corrected chi connectivity index (χ3v) is 5.05. The molecule has 3 rings (SSSR count). The number of rotatable bonds is 4. The number of pyridine rings is 1. The van der Waals surface area contributed by atoms with E-state index in [2.05, 4.69) is 4.98 Å². The minimum Gasteiger partial charge on any atom is -0.323 e. The van der Waals surface area contributed by atoms with Crippen LogP contribution in [0.15, 0.2) is 24.5 Å². The highest BCUT2D eigenvalue weighted by atomic mass is 35.5. The lowest BCUT2D eigenvalue weighted by atomic mass is 9.87. The second-order valence-electron chi connectivity index (χ2n) is 6.80. The molecule has 0 radical (unpaired) electrons. The predicted octanol–water partition coefficient (Wildman–Crippen LogP) is 3.88. The molecule has 0 N–H and O–H groups in total. The van der Waals surface area contributed by atoms with Crippen molar-refractivity contribution in [2.75, 3.05) is 18.0 Å². The molecule has 1 aliphatic carbocycles. The van der Waals surface area contributed by atoms with E-state index in [4.69, 9.17) is 0 Å². The van der Waals surface area contributed by atoms with E-state index < -0.39 is 0 Å². The van der Waals surface area contributed by atoms with Gasteiger partial charge in [-0.25, -0.2) is 9.69 Å². The van der Waals surface area contributed by atoms with Crippen molar-refractivity contribution in [1.29, 1.82) is 0 Å². The first-order valence-corrected chi connectivity index (χ1v) is 8.69. The van der Waals surface area contributed by atoms with Crippen molar-refractivity contribution >= 4 is 30.0 Å². The van der Waals surface area contributed by atoms with Gasteiger partial charge in [-0.05, 0) is 24.5 Å². The first-order valence-electron chi connectivity index (χ1n) is 8.69. The zero-order valence-electron chi connectivity index (χ0n) is 14.2. The molecule has 2 heterocycles. The molecule has 1 saturated heterocycles. The van der Waals surface area contributed by atoms with E-state index >= 15 is 0 Å². The second-order valence-corrected chi connectivity index (χ2v) is 6.80. The van der Waals surface area contributed by atoms with Gasteiger partial charge in [0.1, 0.15) is 0 Å². The number of urea groups is 1. The predicted molar refractivity (Wildman–Crippen MR) is 96.3 cm³/mol. The molecular weight excluding hydrogens is 326 g/mol. The van der Waals surface area contributed by atoms with Crippen molar-refractivity contribution in [3.63, 3.8) is 0 Å². The average molecular weight is 352 g/mol. The highest BCUT2D eigenvalue weighted by Gasteiger charge is 2.37. The lowest BCUT2D eigenvalue weighted by Crippen LogP contribution is -2.56. The van der Waals surface area contributed by atoms with Crippen molar-refractivity contribution in [3.05, 3.63) is 24.5 Å². The average Bonchev–Trinajstić information content (AvgIpc) is 2.59. The molecule has 132 valence electrons. The summed E-state index contributed by atoms with van der Waals surface area (Å²) in [5, 5.41) is 0. The Morgan fingerprint density at radius 3 is 2.46 bits per heavy atom. The van der Waals surface area contributed by atoms with Crippen LogP contribution in [0.5, 0.6) is 0 Å². The molecule has 1 saturated carbocycles. The van der Waals surface area contributed by atoms with Crippen LogP contribution in [0.25, 0.3) is 0 Å². The summed E-state index contributed by atoms with van der Waals surface area (Å²) in [6.45, 7) is 3.19. The fourth-order valence-electron chi connectivity index (χ4n) is 3.67. The number of aromatic nitrogens is 1. The van der Waals surface area contributed by atoms with Crippen LogP contribution in [0.3, 0.4) is 0 Å². The summed E-state index contributed by atoms with van der Waals surface area (Å²) < 4.78 is 0. The van der Waals surface area contributed by atoms with Gasteiger partial charge in [0, 0.05) is 25.5 Å². The highest BCUT2D eigenvalue weighted by Crippen LogP contribution is 2.28. The molecule has 24 heavy (non-hydrogen) atoms. The van der Waals surface area contributed by atoms with Crippen molar-refractivity contribution in [3.8, 4) is 0 Å². The van der Waals surface area contributed by atoms with Gasteiger partial charge in [-0.2, -0.15) is 0 Å². The summed E-state index contributed by atoms with van der Waals surface area (Å²) in [5.41, 5.74) is 0.615. The molecule has 0 spiro atoms. The molecule has 1 aromatic rings. The monoisotopic (exact) mass is 351 g/mol. The molecular formula is C18H26ClN3O2. The maximum atomic E-state index is 12.8. The normalized spacial score (nSPS) is 22.5. The summed E-state index contributed by atoms with van der Waals surface area (Å²) in [7, 11) is 0. The Hall–Kier alpha value is -1.62. The molecule has 1 aliphatic heterocycles. The maximum Gasteiger partial charge on any atom is 0.331 e. The van der Waals surface area contributed by atoms with Crippen LogP contribution in [-0.2, 0) is 4.79 Å². The van der Waals surface area contributed by atoms with Gasteiger partial charge < -0.3 is 4.90 Å². The van der Waals surface area contributed by atoms with Crippen molar-refractivity contribution < 1.29 is 9.59 Å². The Bertz CT molecular complexity index is 561. The Kier molecular flexibility index (Phi) is 6.60. The molecule has 1 aromatic heterocycles. The minimum absolute atomic E-state index is 0. The zero-order chi connectivity index (χ0) is 16.2. The van der Waals surface area contributed by atoms with Gasteiger partial charge >= 0.3 is 6.03 Å². The number of halogens is 1. The Morgan fingerprint density at radius 2 is 1.79 bits per heavy atom. The van der Waals surface area contributed by atoms with Gasteiger partial charge in [-0.15, -0.1) is 12.4 Å². The van der Waals surface area contributed by atoms with Gasteiger partial charge in [0.05, 0.1) is 11.6 Å². The Morgan fingerprint density at radius 1 is 1.12 bits per heavy atom. The molecule has 0 bridgehead atoms. The lowest BCUT2D eigenvalue weighted by Gasteiger charge is -2.38. The van der Waals surface area contributed by atoms with E-state index in [-0.39, 0.29) is 30.3 Å². The van der Waals surface area contributed by atoms with Gasteiger partial charge in [-0.1, -0.05) is 39.0 Å². The number of carbonyl (C=O) groups is 2. The first-order chi connectivity index (χ1) is 11.2. The van der Waals surface area contributed by atoms with Crippen LogP contribution < -0.4 is 4.90 Å². The number of hydrogen-bond acceptors (Lipinski definition) is 3. The number of hydrogen-bond donors (Lipinski definition) is 0. The van der Waals surface area contributed by atoms with Crippen LogP contribution in [0.4, 0.5) is 10.5 Å². The molecule has 1 unspecified atom stereocenters. The highest BCUT2D eigenvalue weighted by molar-refractivity contribution is 6.16. The standard InChI is InChI=1S/C18H25N3O2.ClH/c1-14-13-20(12-9-15-5-3-2-4-6-15)18(23)21(17(14)22)16-7-10-19-11-8-16;/h7-8,10-11,14-15H,2-6,9,12-13H2,1H3;1H. The topological polar surface area (TPSA) is 53.5 Å². The summed E-state index contributed by atoms with van der Waals surface area (Å²) in [5.74, 6) is 0.459. The minimum atomic E-state index is -0.185. The summed E-state index contributed by atoms with van der Waals surface area (Å²) in [4.78, 5) is 32.3. The van der Waals surface area contributed by atoms with Crippen LogP contribution >= 0.6 is 12.4 Å². The maximum absolute atomic E-state index is 12.8. The fourth-order valence-corrected chi connectivity index (χ4v) is 3.67. The van der Waals surface area contributed by atoms with Crippen molar-refractivity contribution in [1.82, 2.24) is 9.88 Å². The molecule has 3 amide bonds. The van der Waals surface area contributed by atoms with Crippen LogP contribution in [0.1, 0.15) is 45.4 Å². The molecule has 5 nitrogen and oxygen atoms in total. The smallest absolute Gasteiger partial charge is 0.323 e. The van der Waals surface area contributed by atoms with E-state index in [9.17, 15) is 9.59 Å². The zero-order valence-corrected chi connectivity index (χ0v) is 15.0. The van der Waals surface area contributed by atoms with Gasteiger partial charge in [-0.3, -0.25) is 9.78 Å². The third kappa shape index (κ3) is 4.07. The summed E-state index contributed by atoms with van der Waals surface area (Å²) in [6, 6.07) is 3.25. The van der Waals surface area contributed by atoms with Gasteiger partial charge in [0.2, 0.25) is 5.91 Å². The summed E-state index contributed by atoms with van der Waals surface area (Å²) >= 11 is 0. The largest absolute Gasteiger partial charge is 0.331 e. The van der Waals surface area contributed by atoms with E-state index in [1.54, 1.807) is 24.5 Å². The number of carbonyl (C=O) groups excluding carboxylic acids is 2. The number of amides is 3. The van der Waals surface area contributed by atoms with E-state index in [0.717, 1.165) is 18.9 Å². The molecule has 2 aliphatic rings. The van der Waals surface area contributed by atoms with Crippen LogP contribution in [0, 0.1) is 11.8 Å². The van der Waals surface area contributed by atoms with Crippen molar-refractivity contribution in [2.24, 2.45) is 11.8 Å². The van der Waals surface area contributed by atoms with E-state index in [0.29, 0.717) is 12.2 Å². The lowest BCUT2D eigenvalue weighted by molar-refractivity contribution is -0.122. The van der Waals surface area contributed by atoms with Crippen LogP contribution in [-0.4, -0.2) is 34.9 Å². The number of imide groups is 1. The molecule has 6 heteroatoms. The molecule has 2 fully saturated rings. The van der Waals surface area contributed by atoms with Crippen molar-refractivity contribution in [2.45, 2.75) is 45.4 Å². The number of nitrogens with zero attached hydrogens (tertiary/aromatic N) is 3. The molecule has 0 aromatic carbocycles. The van der Waals surface area contributed by atoms with E-state index in [1.807, 2.05) is 11.8 Å².